The standard InChI is InChI=1S/C23H11F6N3O/c24-15-9-17(26)16(25)8-14(15)18-10-19(33)32-22(30-18)20(21(31-32)23(27,28)29)13-7-3-5-11-4-1-2-6-12(11)13/h1-10,30H. The van der Waals surface area contributed by atoms with Gasteiger partial charge in [-0.05, 0) is 22.4 Å². The average molecular weight is 459 g/mol. The first kappa shape index (κ1) is 20.8. The van der Waals surface area contributed by atoms with Gasteiger partial charge in [-0.3, -0.25) is 4.79 Å². The number of halogens is 6. The van der Waals surface area contributed by atoms with Crippen LogP contribution in [0, 0.1) is 17.5 Å². The van der Waals surface area contributed by atoms with E-state index in [-0.39, 0.29) is 23.0 Å². The normalized spacial score (nSPS) is 12.1. The minimum atomic E-state index is -4.92. The van der Waals surface area contributed by atoms with Crippen molar-refractivity contribution in [2.24, 2.45) is 0 Å². The number of rotatable bonds is 2. The molecule has 0 saturated carbocycles. The third-order valence-electron chi connectivity index (χ3n) is 5.24. The second-order valence-electron chi connectivity index (χ2n) is 7.28. The molecule has 2 heterocycles. The molecule has 0 radical (unpaired) electrons. The van der Waals surface area contributed by atoms with Gasteiger partial charge in [-0.1, -0.05) is 42.5 Å². The lowest BCUT2D eigenvalue weighted by molar-refractivity contribution is -0.140. The van der Waals surface area contributed by atoms with Crippen LogP contribution in [0.5, 0.6) is 0 Å². The highest BCUT2D eigenvalue weighted by atomic mass is 19.4. The summed E-state index contributed by atoms with van der Waals surface area (Å²) in [7, 11) is 0. The number of fused-ring (bicyclic) bond motifs is 2. The minimum absolute atomic E-state index is 0.133. The van der Waals surface area contributed by atoms with Gasteiger partial charge in [0.25, 0.3) is 5.56 Å². The quantitative estimate of drug-likeness (QED) is 0.262. The topological polar surface area (TPSA) is 50.2 Å². The summed E-state index contributed by atoms with van der Waals surface area (Å²) in [6, 6.07) is 13.0. The van der Waals surface area contributed by atoms with Crippen molar-refractivity contribution in [1.82, 2.24) is 14.6 Å². The summed E-state index contributed by atoms with van der Waals surface area (Å²) in [4.78, 5) is 15.2. The first-order chi connectivity index (χ1) is 15.6. The minimum Gasteiger partial charge on any atom is -0.339 e. The molecule has 2 aromatic heterocycles. The fourth-order valence-electron chi connectivity index (χ4n) is 3.81. The molecule has 0 amide bonds. The van der Waals surface area contributed by atoms with Gasteiger partial charge in [0.1, 0.15) is 11.5 Å². The third kappa shape index (κ3) is 3.34. The zero-order chi connectivity index (χ0) is 23.5. The summed E-state index contributed by atoms with van der Waals surface area (Å²) < 4.78 is 83.8. The van der Waals surface area contributed by atoms with E-state index in [1.165, 1.54) is 6.07 Å². The van der Waals surface area contributed by atoms with Crippen LogP contribution in [0.2, 0.25) is 0 Å². The van der Waals surface area contributed by atoms with Gasteiger partial charge in [0.2, 0.25) is 0 Å². The van der Waals surface area contributed by atoms with Gasteiger partial charge >= 0.3 is 6.18 Å². The van der Waals surface area contributed by atoms with Crippen molar-refractivity contribution in [3.63, 3.8) is 0 Å². The molecule has 0 aliphatic carbocycles. The fraction of sp³-hybridized carbons (Fsp3) is 0.0435. The van der Waals surface area contributed by atoms with Gasteiger partial charge in [-0.15, -0.1) is 0 Å². The van der Waals surface area contributed by atoms with E-state index < -0.39 is 46.0 Å². The van der Waals surface area contributed by atoms with E-state index in [1.807, 2.05) is 0 Å². The van der Waals surface area contributed by atoms with E-state index in [2.05, 4.69) is 10.1 Å². The van der Waals surface area contributed by atoms with Crippen LogP contribution in [0.3, 0.4) is 0 Å². The van der Waals surface area contributed by atoms with E-state index >= 15 is 0 Å². The number of nitrogens with zero attached hydrogens (tertiary/aromatic N) is 2. The second kappa shape index (κ2) is 7.22. The third-order valence-corrected chi connectivity index (χ3v) is 5.24. The molecule has 3 aromatic carbocycles. The number of benzene rings is 3. The molecule has 166 valence electrons. The first-order valence-electron chi connectivity index (χ1n) is 9.51. The number of H-pyrrole nitrogens is 1. The highest BCUT2D eigenvalue weighted by Gasteiger charge is 2.39. The van der Waals surface area contributed by atoms with E-state index in [9.17, 15) is 31.1 Å². The van der Waals surface area contributed by atoms with Gasteiger partial charge in [-0.2, -0.15) is 22.8 Å². The molecule has 1 N–H and O–H groups in total. The summed E-state index contributed by atoms with van der Waals surface area (Å²) in [6.07, 6.45) is -4.92. The maximum absolute atomic E-state index is 14.3. The molecule has 5 rings (SSSR count). The second-order valence-corrected chi connectivity index (χ2v) is 7.28. The molecule has 0 spiro atoms. The molecule has 0 unspecified atom stereocenters. The van der Waals surface area contributed by atoms with Crippen molar-refractivity contribution >= 4 is 16.4 Å². The number of aromatic nitrogens is 3. The van der Waals surface area contributed by atoms with Crippen molar-refractivity contribution in [3.8, 4) is 22.4 Å². The SMILES string of the molecule is O=c1cc(-c2cc(F)c(F)cc2F)[nH]c2c(-c3cccc4ccccc34)c(C(F)(F)F)nn12. The summed E-state index contributed by atoms with van der Waals surface area (Å²) in [6.45, 7) is 0. The Balaban J connectivity index is 1.90. The Bertz CT molecular complexity index is 1610. The van der Waals surface area contributed by atoms with Crippen LogP contribution in [0.25, 0.3) is 38.8 Å². The Hall–Kier alpha value is -4.08. The molecule has 0 aliphatic heterocycles. The smallest absolute Gasteiger partial charge is 0.339 e. The molecule has 0 bridgehead atoms. The van der Waals surface area contributed by atoms with Gasteiger partial charge in [-0.25, -0.2) is 13.2 Å². The first-order valence-corrected chi connectivity index (χ1v) is 9.51. The predicted molar refractivity (Wildman–Crippen MR) is 109 cm³/mol. The maximum Gasteiger partial charge on any atom is 0.435 e. The molecular formula is C23H11F6N3O. The molecule has 4 nitrogen and oxygen atoms in total. The highest BCUT2D eigenvalue weighted by molar-refractivity contribution is 6.00. The highest BCUT2D eigenvalue weighted by Crippen LogP contribution is 2.41. The summed E-state index contributed by atoms with van der Waals surface area (Å²) in [5.41, 5.74) is -3.86. The van der Waals surface area contributed by atoms with Gasteiger partial charge in [0.05, 0.1) is 11.3 Å². The summed E-state index contributed by atoms with van der Waals surface area (Å²) >= 11 is 0. The Kier molecular flexibility index (Phi) is 4.55. The van der Waals surface area contributed by atoms with E-state index in [1.54, 1.807) is 36.4 Å². The number of alkyl halides is 3. The van der Waals surface area contributed by atoms with Crippen molar-refractivity contribution in [3.05, 3.63) is 94.2 Å². The molecular weight excluding hydrogens is 448 g/mol. The molecule has 0 atom stereocenters. The van der Waals surface area contributed by atoms with Crippen molar-refractivity contribution < 1.29 is 26.3 Å². The number of aromatic amines is 1. The maximum atomic E-state index is 14.3. The van der Waals surface area contributed by atoms with Gasteiger partial charge in [0.15, 0.2) is 17.3 Å². The van der Waals surface area contributed by atoms with Crippen molar-refractivity contribution in [2.45, 2.75) is 6.18 Å². The zero-order valence-electron chi connectivity index (χ0n) is 16.3. The van der Waals surface area contributed by atoms with Crippen LogP contribution in [-0.2, 0) is 6.18 Å². The fourth-order valence-corrected chi connectivity index (χ4v) is 3.81. The lowest BCUT2D eigenvalue weighted by Gasteiger charge is -2.10. The molecule has 0 saturated heterocycles. The molecule has 0 fully saturated rings. The van der Waals surface area contributed by atoms with Crippen molar-refractivity contribution in [2.75, 3.05) is 0 Å². The van der Waals surface area contributed by atoms with E-state index in [0.717, 1.165) is 6.07 Å². The number of nitrogens with one attached hydrogen (secondary N) is 1. The van der Waals surface area contributed by atoms with E-state index in [0.29, 0.717) is 21.4 Å². The Morgan fingerprint density at radius 3 is 2.27 bits per heavy atom. The summed E-state index contributed by atoms with van der Waals surface area (Å²) in [5, 5.41) is 4.59. The Morgan fingerprint density at radius 2 is 1.52 bits per heavy atom. The molecule has 10 heteroatoms. The van der Waals surface area contributed by atoms with Crippen LogP contribution in [0.4, 0.5) is 26.3 Å². The zero-order valence-corrected chi connectivity index (χ0v) is 16.3. The Morgan fingerprint density at radius 1 is 0.818 bits per heavy atom. The number of hydrogen-bond acceptors (Lipinski definition) is 2. The van der Waals surface area contributed by atoms with Crippen LogP contribution < -0.4 is 5.56 Å². The van der Waals surface area contributed by atoms with Gasteiger partial charge < -0.3 is 4.98 Å². The molecule has 33 heavy (non-hydrogen) atoms. The van der Waals surface area contributed by atoms with Crippen LogP contribution >= 0.6 is 0 Å². The molecule has 5 aromatic rings. The average Bonchev–Trinajstić information content (AvgIpc) is 3.16. The van der Waals surface area contributed by atoms with E-state index in [4.69, 9.17) is 0 Å². The van der Waals surface area contributed by atoms with Crippen LogP contribution in [0.15, 0.2) is 65.5 Å². The largest absolute Gasteiger partial charge is 0.435 e. The summed E-state index contributed by atoms with van der Waals surface area (Å²) in [5.74, 6) is -4.03. The van der Waals surface area contributed by atoms with Crippen molar-refractivity contribution in [1.29, 1.82) is 0 Å². The van der Waals surface area contributed by atoms with Crippen LogP contribution in [-0.4, -0.2) is 14.6 Å². The number of hydrogen-bond donors (Lipinski definition) is 1. The molecule has 0 aliphatic rings. The Labute approximate surface area is 180 Å². The lowest BCUT2D eigenvalue weighted by atomic mass is 9.98. The van der Waals surface area contributed by atoms with Crippen LogP contribution in [0.1, 0.15) is 5.69 Å². The van der Waals surface area contributed by atoms with Gasteiger partial charge in [0, 0.05) is 17.7 Å². The predicted octanol–water partition coefficient (Wildman–Crippen LogP) is 5.95. The monoisotopic (exact) mass is 459 g/mol. The lowest BCUT2D eigenvalue weighted by Crippen LogP contribution is -2.15.